The van der Waals surface area contributed by atoms with Crippen molar-refractivity contribution in [1.29, 1.82) is 5.26 Å². The maximum atomic E-state index is 8.73. The molecule has 1 aliphatic rings. The quantitative estimate of drug-likeness (QED) is 0.667. The maximum Gasteiger partial charge on any atom is 0.0624 e. The molecule has 0 heterocycles. The van der Waals surface area contributed by atoms with Crippen molar-refractivity contribution < 1.29 is 0 Å². The second-order valence-electron chi connectivity index (χ2n) is 5.52. The molecule has 0 aliphatic heterocycles. The van der Waals surface area contributed by atoms with Crippen LogP contribution in [0.2, 0.25) is 0 Å². The molecule has 1 saturated carbocycles. The van der Waals surface area contributed by atoms with Gasteiger partial charge in [-0.25, -0.2) is 0 Å². The van der Waals surface area contributed by atoms with E-state index in [1.807, 2.05) is 0 Å². The Hall–Kier alpha value is -0.510. The molecule has 2 unspecified atom stereocenters. The second-order valence-corrected chi connectivity index (χ2v) is 5.52. The number of nitriles is 1. The predicted octanol–water partition coefficient (Wildman–Crippen LogP) is 3.85. The van der Waals surface area contributed by atoms with Gasteiger partial charge in [-0.1, -0.05) is 27.7 Å². The third kappa shape index (κ3) is 2.50. The zero-order valence-electron chi connectivity index (χ0n) is 9.96. The number of rotatable bonds is 3. The summed E-state index contributed by atoms with van der Waals surface area (Å²) in [6.45, 7) is 9.31. The predicted molar refractivity (Wildman–Crippen MR) is 59.6 cm³/mol. The molecule has 1 heteroatoms. The highest BCUT2D eigenvalue weighted by Gasteiger charge is 2.36. The molecule has 80 valence electrons. The molecule has 0 amide bonds. The van der Waals surface area contributed by atoms with Gasteiger partial charge in [0.15, 0.2) is 0 Å². The minimum Gasteiger partial charge on any atom is -0.198 e. The molecule has 0 saturated heterocycles. The zero-order valence-corrected chi connectivity index (χ0v) is 9.96. The summed E-state index contributed by atoms with van der Waals surface area (Å²) in [7, 11) is 0. The fraction of sp³-hybridized carbons (Fsp3) is 0.923. The standard InChI is InChI=1S/C13H23N/c1-9(2)12-7-11(5-6-14)8-13(12)10(3)4/h9-13H,5,7-8H2,1-4H3. The summed E-state index contributed by atoms with van der Waals surface area (Å²) in [5.74, 6) is 3.96. The lowest BCUT2D eigenvalue weighted by molar-refractivity contribution is 0.235. The SMILES string of the molecule is CC(C)C1CC(CC#N)CC1C(C)C. The maximum absolute atomic E-state index is 8.73. The highest BCUT2D eigenvalue weighted by atomic mass is 14.4. The first-order chi connectivity index (χ1) is 6.56. The summed E-state index contributed by atoms with van der Waals surface area (Å²) in [5, 5.41) is 8.73. The van der Waals surface area contributed by atoms with Gasteiger partial charge in [0, 0.05) is 6.42 Å². The van der Waals surface area contributed by atoms with E-state index in [0.717, 1.165) is 30.1 Å². The fourth-order valence-electron chi connectivity index (χ4n) is 3.04. The largest absolute Gasteiger partial charge is 0.198 e. The van der Waals surface area contributed by atoms with Gasteiger partial charge in [0.25, 0.3) is 0 Å². The van der Waals surface area contributed by atoms with Crippen molar-refractivity contribution in [3.63, 3.8) is 0 Å². The average Bonchev–Trinajstić information content (AvgIpc) is 2.49. The number of hydrogen-bond acceptors (Lipinski definition) is 1. The van der Waals surface area contributed by atoms with Crippen LogP contribution in [-0.4, -0.2) is 0 Å². The van der Waals surface area contributed by atoms with E-state index in [1.54, 1.807) is 0 Å². The molecule has 1 rings (SSSR count). The molecular formula is C13H23N. The Morgan fingerprint density at radius 2 is 1.50 bits per heavy atom. The molecule has 1 nitrogen and oxygen atoms in total. The van der Waals surface area contributed by atoms with E-state index in [0.29, 0.717) is 5.92 Å². The van der Waals surface area contributed by atoms with Crippen LogP contribution in [0.25, 0.3) is 0 Å². The molecule has 14 heavy (non-hydrogen) atoms. The molecule has 0 bridgehead atoms. The van der Waals surface area contributed by atoms with E-state index >= 15 is 0 Å². The summed E-state index contributed by atoms with van der Waals surface area (Å²) < 4.78 is 0. The van der Waals surface area contributed by atoms with E-state index in [4.69, 9.17) is 5.26 Å². The van der Waals surface area contributed by atoms with Crippen LogP contribution in [0, 0.1) is 40.9 Å². The van der Waals surface area contributed by atoms with Gasteiger partial charge in [0.2, 0.25) is 0 Å². The molecule has 0 aromatic heterocycles. The lowest BCUT2D eigenvalue weighted by atomic mass is 9.80. The molecule has 0 spiro atoms. The highest BCUT2D eigenvalue weighted by molar-refractivity contribution is 4.90. The van der Waals surface area contributed by atoms with Crippen LogP contribution >= 0.6 is 0 Å². The van der Waals surface area contributed by atoms with Crippen molar-refractivity contribution in [2.45, 2.75) is 47.0 Å². The zero-order chi connectivity index (χ0) is 10.7. The molecule has 0 aromatic carbocycles. The second kappa shape index (κ2) is 4.82. The van der Waals surface area contributed by atoms with Crippen molar-refractivity contribution in [1.82, 2.24) is 0 Å². The molecule has 2 atom stereocenters. The van der Waals surface area contributed by atoms with E-state index in [9.17, 15) is 0 Å². The van der Waals surface area contributed by atoms with Gasteiger partial charge in [-0.2, -0.15) is 5.26 Å². The van der Waals surface area contributed by atoms with Gasteiger partial charge in [-0.05, 0) is 42.4 Å². The summed E-state index contributed by atoms with van der Waals surface area (Å²) in [5.41, 5.74) is 0. The van der Waals surface area contributed by atoms with Crippen molar-refractivity contribution in [3.05, 3.63) is 0 Å². The average molecular weight is 193 g/mol. The van der Waals surface area contributed by atoms with Crippen LogP contribution in [0.5, 0.6) is 0 Å². The van der Waals surface area contributed by atoms with Crippen molar-refractivity contribution >= 4 is 0 Å². The lowest BCUT2D eigenvalue weighted by Crippen LogP contribution is -2.18. The van der Waals surface area contributed by atoms with E-state index in [-0.39, 0.29) is 0 Å². The van der Waals surface area contributed by atoms with Gasteiger partial charge < -0.3 is 0 Å². The Kier molecular flexibility index (Phi) is 3.98. The lowest BCUT2D eigenvalue weighted by Gasteiger charge is -2.26. The molecule has 0 aromatic rings. The Morgan fingerprint density at radius 1 is 1.07 bits per heavy atom. The van der Waals surface area contributed by atoms with E-state index in [1.165, 1.54) is 12.8 Å². The number of hydrogen-bond donors (Lipinski definition) is 0. The topological polar surface area (TPSA) is 23.8 Å². The Morgan fingerprint density at radius 3 is 1.79 bits per heavy atom. The van der Waals surface area contributed by atoms with Crippen LogP contribution in [0.15, 0.2) is 0 Å². The molecule has 0 radical (unpaired) electrons. The molecule has 1 aliphatic carbocycles. The van der Waals surface area contributed by atoms with Gasteiger partial charge in [0.05, 0.1) is 6.07 Å². The smallest absolute Gasteiger partial charge is 0.0624 e. The first kappa shape index (κ1) is 11.6. The van der Waals surface area contributed by atoms with Gasteiger partial charge >= 0.3 is 0 Å². The van der Waals surface area contributed by atoms with E-state index < -0.39 is 0 Å². The van der Waals surface area contributed by atoms with Crippen LogP contribution in [-0.2, 0) is 0 Å². The van der Waals surface area contributed by atoms with Crippen LogP contribution < -0.4 is 0 Å². The van der Waals surface area contributed by atoms with E-state index in [2.05, 4.69) is 33.8 Å². The van der Waals surface area contributed by atoms with Crippen molar-refractivity contribution in [2.24, 2.45) is 29.6 Å². The third-order valence-electron chi connectivity index (χ3n) is 3.85. The summed E-state index contributed by atoms with van der Waals surface area (Å²) in [4.78, 5) is 0. The Bertz CT molecular complexity index is 196. The van der Waals surface area contributed by atoms with Crippen molar-refractivity contribution in [3.8, 4) is 6.07 Å². The van der Waals surface area contributed by atoms with Gasteiger partial charge in [-0.3, -0.25) is 0 Å². The minimum atomic E-state index is 0.680. The summed E-state index contributed by atoms with van der Waals surface area (Å²) in [6.07, 6.45) is 3.34. The van der Waals surface area contributed by atoms with Gasteiger partial charge in [-0.15, -0.1) is 0 Å². The van der Waals surface area contributed by atoms with Crippen molar-refractivity contribution in [2.75, 3.05) is 0 Å². The number of nitrogens with zero attached hydrogens (tertiary/aromatic N) is 1. The van der Waals surface area contributed by atoms with Crippen LogP contribution in [0.1, 0.15) is 47.0 Å². The van der Waals surface area contributed by atoms with Gasteiger partial charge in [0.1, 0.15) is 0 Å². The fourth-order valence-corrected chi connectivity index (χ4v) is 3.04. The molecule has 1 fully saturated rings. The highest BCUT2D eigenvalue weighted by Crippen LogP contribution is 2.45. The Labute approximate surface area is 88.5 Å². The third-order valence-corrected chi connectivity index (χ3v) is 3.85. The minimum absolute atomic E-state index is 0.680. The van der Waals surface area contributed by atoms with Crippen LogP contribution in [0.4, 0.5) is 0 Å². The first-order valence-corrected chi connectivity index (χ1v) is 5.93. The summed E-state index contributed by atoms with van der Waals surface area (Å²) in [6, 6.07) is 2.33. The monoisotopic (exact) mass is 193 g/mol. The molecule has 0 N–H and O–H groups in total. The first-order valence-electron chi connectivity index (χ1n) is 5.93. The van der Waals surface area contributed by atoms with Crippen LogP contribution in [0.3, 0.4) is 0 Å². The normalized spacial score (nSPS) is 32.5. The Balaban J connectivity index is 2.61. The summed E-state index contributed by atoms with van der Waals surface area (Å²) >= 11 is 0. The molecular weight excluding hydrogens is 170 g/mol.